The van der Waals surface area contributed by atoms with Gasteiger partial charge in [-0.25, -0.2) is 0 Å². The molecule has 3 fully saturated rings. The summed E-state index contributed by atoms with van der Waals surface area (Å²) in [5.41, 5.74) is 0.614. The number of fused-ring (bicyclic) bond motifs is 2. The van der Waals surface area contributed by atoms with Gasteiger partial charge in [-0.3, -0.25) is 38.4 Å². The molecule has 4 rings (SSSR count). The molecule has 8 atom stereocenters. The van der Waals surface area contributed by atoms with E-state index in [1.165, 1.54) is 35.8 Å². The summed E-state index contributed by atoms with van der Waals surface area (Å²) < 4.78 is 0. The lowest BCUT2D eigenvalue weighted by atomic mass is 9.97. The molecule has 55 heavy (non-hydrogen) atoms. The van der Waals surface area contributed by atoms with Gasteiger partial charge in [0.1, 0.15) is 48.0 Å². The third-order valence-electron chi connectivity index (χ3n) is 10.6. The molecule has 17 nitrogen and oxygen atoms in total. The number of phenols is 1. The Morgan fingerprint density at radius 2 is 1.24 bits per heavy atom. The fraction of sp³-hybridized carbons (Fsp3) is 0.632. The summed E-state index contributed by atoms with van der Waals surface area (Å²) in [7, 11) is 0. The maximum Gasteiger partial charge on any atom is 0.246 e. The first-order valence-electron chi connectivity index (χ1n) is 19.2. The fourth-order valence-electron chi connectivity index (χ4n) is 7.11. The molecule has 17 heteroatoms. The van der Waals surface area contributed by atoms with Crippen LogP contribution in [0.3, 0.4) is 0 Å². The van der Waals surface area contributed by atoms with Gasteiger partial charge in [-0.15, -0.1) is 0 Å². The van der Waals surface area contributed by atoms with Crippen LogP contribution in [0.5, 0.6) is 5.75 Å². The van der Waals surface area contributed by atoms with Crippen LogP contribution in [0, 0.1) is 11.8 Å². The average Bonchev–Trinajstić information content (AvgIpc) is 3.85. The Kier molecular flexibility index (Phi) is 14.6. The first-order chi connectivity index (χ1) is 26.0. The van der Waals surface area contributed by atoms with E-state index in [2.05, 4.69) is 31.9 Å². The molecule has 0 radical (unpaired) electrons. The lowest BCUT2D eigenvalue weighted by Gasteiger charge is -2.34. The van der Waals surface area contributed by atoms with Crippen LogP contribution in [0.15, 0.2) is 24.3 Å². The number of rotatable bonds is 5. The maximum atomic E-state index is 14.3. The van der Waals surface area contributed by atoms with Gasteiger partial charge in [0, 0.05) is 19.5 Å². The zero-order chi connectivity index (χ0) is 40.6. The topological polar surface area (TPSA) is 235 Å². The number of carbonyl (C=O) groups excluding carboxylic acids is 8. The van der Waals surface area contributed by atoms with Crippen LogP contribution in [0.1, 0.15) is 79.2 Å². The molecule has 8 unspecified atom stereocenters. The number of phenolic OH excluding ortho intramolecular Hbond substituents is 1. The number of nitrogens with zero attached hydrogens (tertiary/aromatic N) is 2. The minimum Gasteiger partial charge on any atom is -0.508 e. The van der Waals surface area contributed by atoms with Gasteiger partial charge in [0.05, 0.1) is 6.54 Å². The lowest BCUT2D eigenvalue weighted by molar-refractivity contribution is -0.148. The van der Waals surface area contributed by atoms with Crippen molar-refractivity contribution in [3.05, 3.63) is 29.8 Å². The summed E-state index contributed by atoms with van der Waals surface area (Å²) in [5.74, 6) is -5.54. The molecule has 3 aliphatic rings. The predicted molar refractivity (Wildman–Crippen MR) is 200 cm³/mol. The first kappa shape index (κ1) is 42.5. The smallest absolute Gasteiger partial charge is 0.246 e. The summed E-state index contributed by atoms with van der Waals surface area (Å²) in [6, 6.07) is -1.27. The van der Waals surface area contributed by atoms with E-state index < -0.39 is 102 Å². The third kappa shape index (κ3) is 10.7. The lowest BCUT2D eigenvalue weighted by Crippen LogP contribution is -2.60. The maximum absolute atomic E-state index is 14.3. The molecular weight excluding hydrogens is 712 g/mol. The number of hydrogen-bond donors (Lipinski definition) is 7. The Balaban J connectivity index is 1.67. The van der Waals surface area contributed by atoms with Gasteiger partial charge in [-0.05, 0) is 69.1 Å². The third-order valence-corrected chi connectivity index (χ3v) is 10.6. The Bertz CT molecular complexity index is 1620. The zero-order valence-corrected chi connectivity index (χ0v) is 32.5. The molecule has 8 amide bonds. The van der Waals surface area contributed by atoms with E-state index >= 15 is 0 Å². The second kappa shape index (κ2) is 18.9. The van der Waals surface area contributed by atoms with Crippen molar-refractivity contribution in [2.75, 3.05) is 19.6 Å². The largest absolute Gasteiger partial charge is 0.508 e. The van der Waals surface area contributed by atoms with E-state index in [0.29, 0.717) is 37.7 Å². The van der Waals surface area contributed by atoms with E-state index in [1.54, 1.807) is 32.9 Å². The van der Waals surface area contributed by atoms with Gasteiger partial charge in [0.2, 0.25) is 47.3 Å². The van der Waals surface area contributed by atoms with E-state index in [4.69, 9.17) is 0 Å². The molecule has 1 aromatic carbocycles. The molecule has 0 spiro atoms. The van der Waals surface area contributed by atoms with Crippen molar-refractivity contribution in [3.63, 3.8) is 0 Å². The van der Waals surface area contributed by atoms with Crippen LogP contribution in [-0.2, 0) is 44.8 Å². The van der Waals surface area contributed by atoms with Crippen molar-refractivity contribution >= 4 is 47.3 Å². The van der Waals surface area contributed by atoms with E-state index in [-0.39, 0.29) is 31.2 Å². The quantitative estimate of drug-likeness (QED) is 0.199. The molecule has 3 saturated heterocycles. The second-order valence-electron chi connectivity index (χ2n) is 15.2. The monoisotopic (exact) mass is 768 g/mol. The molecule has 7 N–H and O–H groups in total. The summed E-state index contributed by atoms with van der Waals surface area (Å²) in [5, 5.41) is 25.7. The van der Waals surface area contributed by atoms with Crippen molar-refractivity contribution in [2.45, 2.75) is 122 Å². The minimum atomic E-state index is -1.17. The molecule has 302 valence electrons. The van der Waals surface area contributed by atoms with E-state index in [9.17, 15) is 43.5 Å². The summed E-state index contributed by atoms with van der Waals surface area (Å²) >= 11 is 0. The SMILES string of the molecule is CCC(C)C1NC(=O)C2CCCN2C(=O)C2CCCN2C(=O)C(Cc2ccc(O)cc2)NC(=O)C(C)NC(=O)C(C)NC(=O)C(C(C)C)NC(=O)CNC1=O. The molecule has 1 aromatic rings. The average molecular weight is 769 g/mol. The van der Waals surface area contributed by atoms with Gasteiger partial charge in [-0.1, -0.05) is 46.2 Å². The number of amides is 8. The van der Waals surface area contributed by atoms with Crippen LogP contribution in [0.25, 0.3) is 0 Å². The summed E-state index contributed by atoms with van der Waals surface area (Å²) in [6.45, 7) is 9.87. The van der Waals surface area contributed by atoms with Gasteiger partial charge < -0.3 is 46.8 Å². The van der Waals surface area contributed by atoms with E-state index in [1.807, 2.05) is 6.92 Å². The molecular formula is C38H56N8O9. The van der Waals surface area contributed by atoms with Gasteiger partial charge in [-0.2, -0.15) is 0 Å². The zero-order valence-electron chi connectivity index (χ0n) is 32.5. The highest BCUT2D eigenvalue weighted by Crippen LogP contribution is 2.27. The normalized spacial score (nSPS) is 28.9. The van der Waals surface area contributed by atoms with Crippen LogP contribution >= 0.6 is 0 Å². The standard InChI is InChI=1S/C38H56N8O9/c1-7-21(4)31-35(52)39-19-29(48)43-30(20(2)3)36(53)41-22(5)32(49)40-23(6)33(50)42-26(18-24-12-14-25(47)15-13-24)37(54)46-17-9-11-28(46)38(55)45-16-8-10-27(45)34(51)44-31/h12-15,20-23,26-28,30-31,47H,7-11,16-19H2,1-6H3,(H,39,52)(H,40,49)(H,41,53)(H,42,50)(H,43,48)(H,44,51). The second-order valence-corrected chi connectivity index (χ2v) is 15.2. The minimum absolute atomic E-state index is 0.00547. The Labute approximate surface area is 321 Å². The highest BCUT2D eigenvalue weighted by atomic mass is 16.3. The summed E-state index contributed by atoms with van der Waals surface area (Å²) in [6.07, 6.45) is 2.23. The Morgan fingerprint density at radius 3 is 1.84 bits per heavy atom. The molecule has 0 aromatic heterocycles. The number of nitrogens with one attached hydrogen (secondary N) is 6. The van der Waals surface area contributed by atoms with Gasteiger partial charge in [0.15, 0.2) is 0 Å². The Hall–Kier alpha value is -5.22. The van der Waals surface area contributed by atoms with Crippen LogP contribution in [-0.4, -0.2) is 124 Å². The van der Waals surface area contributed by atoms with Gasteiger partial charge >= 0.3 is 0 Å². The predicted octanol–water partition coefficient (Wildman–Crippen LogP) is -0.788. The van der Waals surface area contributed by atoms with Crippen LogP contribution in [0.4, 0.5) is 0 Å². The number of hydrogen-bond acceptors (Lipinski definition) is 9. The number of carbonyl (C=O) groups is 8. The Morgan fingerprint density at radius 1 is 0.673 bits per heavy atom. The van der Waals surface area contributed by atoms with E-state index in [0.717, 1.165) is 0 Å². The van der Waals surface area contributed by atoms with Crippen molar-refractivity contribution < 1.29 is 43.5 Å². The van der Waals surface area contributed by atoms with Crippen molar-refractivity contribution in [2.24, 2.45) is 11.8 Å². The number of benzene rings is 1. The molecule has 3 aliphatic heterocycles. The highest BCUT2D eigenvalue weighted by Gasteiger charge is 2.44. The molecule has 0 bridgehead atoms. The highest BCUT2D eigenvalue weighted by molar-refractivity contribution is 5.98. The molecule has 0 saturated carbocycles. The molecule has 3 heterocycles. The van der Waals surface area contributed by atoms with Crippen molar-refractivity contribution in [1.82, 2.24) is 41.7 Å². The number of aromatic hydroxyl groups is 1. The fourth-order valence-corrected chi connectivity index (χ4v) is 7.11. The van der Waals surface area contributed by atoms with Crippen molar-refractivity contribution in [1.29, 1.82) is 0 Å². The van der Waals surface area contributed by atoms with Crippen LogP contribution < -0.4 is 31.9 Å². The molecule has 0 aliphatic carbocycles. The van der Waals surface area contributed by atoms with Crippen LogP contribution in [0.2, 0.25) is 0 Å². The van der Waals surface area contributed by atoms with Crippen molar-refractivity contribution in [3.8, 4) is 5.75 Å². The summed E-state index contributed by atoms with van der Waals surface area (Å²) in [4.78, 5) is 112. The first-order valence-corrected chi connectivity index (χ1v) is 19.2. The van der Waals surface area contributed by atoms with Gasteiger partial charge in [0.25, 0.3) is 0 Å².